The minimum atomic E-state index is -0.543. The van der Waals surface area contributed by atoms with Crippen LogP contribution in [0.2, 0.25) is 0 Å². The normalized spacial score (nSPS) is 11.1. The summed E-state index contributed by atoms with van der Waals surface area (Å²) in [5, 5.41) is 8.53. The SMILES string of the molecule is N#CN=c1ccccn1-c1ccc(F)nc1. The van der Waals surface area contributed by atoms with Gasteiger partial charge in [0.15, 0.2) is 0 Å². The molecule has 5 heteroatoms. The number of hydrogen-bond acceptors (Lipinski definition) is 3. The lowest BCUT2D eigenvalue weighted by Gasteiger charge is -2.05. The van der Waals surface area contributed by atoms with Crippen molar-refractivity contribution in [2.45, 2.75) is 0 Å². The minimum Gasteiger partial charge on any atom is -0.300 e. The molecule has 0 radical (unpaired) electrons. The van der Waals surface area contributed by atoms with Crippen molar-refractivity contribution in [1.82, 2.24) is 9.55 Å². The van der Waals surface area contributed by atoms with Gasteiger partial charge in [0.1, 0.15) is 5.49 Å². The van der Waals surface area contributed by atoms with Crippen molar-refractivity contribution in [1.29, 1.82) is 5.26 Å². The van der Waals surface area contributed by atoms with Gasteiger partial charge in [0.2, 0.25) is 12.1 Å². The number of nitrogens with zero attached hydrogens (tertiary/aromatic N) is 4. The molecule has 0 bridgehead atoms. The van der Waals surface area contributed by atoms with Gasteiger partial charge in [-0.3, -0.25) is 4.57 Å². The first-order chi connectivity index (χ1) is 7.81. The lowest BCUT2D eigenvalue weighted by atomic mass is 10.4. The first-order valence-electron chi connectivity index (χ1n) is 4.54. The van der Waals surface area contributed by atoms with Crippen LogP contribution in [0.5, 0.6) is 0 Å². The van der Waals surface area contributed by atoms with Gasteiger partial charge in [-0.05, 0) is 24.3 Å². The molecule has 0 unspecified atom stereocenters. The highest BCUT2D eigenvalue weighted by Gasteiger charge is 1.97. The molecule has 0 fully saturated rings. The molecule has 0 amide bonds. The van der Waals surface area contributed by atoms with Crippen molar-refractivity contribution in [3.8, 4) is 11.9 Å². The molecule has 0 aliphatic carbocycles. The first-order valence-corrected chi connectivity index (χ1v) is 4.54. The van der Waals surface area contributed by atoms with E-state index in [1.807, 2.05) is 0 Å². The molecule has 2 heterocycles. The molecule has 0 saturated carbocycles. The molecule has 4 nitrogen and oxygen atoms in total. The van der Waals surface area contributed by atoms with Crippen LogP contribution in [0.3, 0.4) is 0 Å². The number of pyridine rings is 2. The summed E-state index contributed by atoms with van der Waals surface area (Å²) in [4.78, 5) is 7.20. The van der Waals surface area contributed by atoms with Crippen LogP contribution in [-0.4, -0.2) is 9.55 Å². The van der Waals surface area contributed by atoms with E-state index in [1.165, 1.54) is 12.3 Å². The molecular formula is C11H7FN4. The molecule has 16 heavy (non-hydrogen) atoms. The maximum Gasteiger partial charge on any atom is 0.212 e. The Balaban J connectivity index is 2.61. The van der Waals surface area contributed by atoms with Gasteiger partial charge >= 0.3 is 0 Å². The monoisotopic (exact) mass is 214 g/mol. The van der Waals surface area contributed by atoms with Crippen LogP contribution in [0.1, 0.15) is 0 Å². The molecule has 2 rings (SSSR count). The van der Waals surface area contributed by atoms with Crippen molar-refractivity contribution in [3.63, 3.8) is 0 Å². The van der Waals surface area contributed by atoms with Crippen molar-refractivity contribution < 1.29 is 4.39 Å². The fourth-order valence-electron chi connectivity index (χ4n) is 1.31. The van der Waals surface area contributed by atoms with Gasteiger partial charge in [-0.15, -0.1) is 0 Å². The van der Waals surface area contributed by atoms with E-state index >= 15 is 0 Å². The average molecular weight is 214 g/mol. The van der Waals surface area contributed by atoms with E-state index in [9.17, 15) is 4.39 Å². The quantitative estimate of drug-likeness (QED) is 0.532. The fourth-order valence-corrected chi connectivity index (χ4v) is 1.31. The lowest BCUT2D eigenvalue weighted by molar-refractivity contribution is 0.583. The van der Waals surface area contributed by atoms with E-state index in [1.54, 1.807) is 41.2 Å². The predicted octanol–water partition coefficient (Wildman–Crippen LogP) is 1.39. The average Bonchev–Trinajstić information content (AvgIpc) is 2.32. The highest BCUT2D eigenvalue weighted by Crippen LogP contribution is 2.02. The van der Waals surface area contributed by atoms with Crippen LogP contribution in [0.15, 0.2) is 47.7 Å². The van der Waals surface area contributed by atoms with Crippen LogP contribution < -0.4 is 5.49 Å². The van der Waals surface area contributed by atoms with E-state index in [4.69, 9.17) is 5.26 Å². The zero-order valence-electron chi connectivity index (χ0n) is 8.21. The molecule has 0 aliphatic heterocycles. The maximum absolute atomic E-state index is 12.7. The third kappa shape index (κ3) is 1.96. The maximum atomic E-state index is 12.7. The second-order valence-electron chi connectivity index (χ2n) is 2.98. The summed E-state index contributed by atoms with van der Waals surface area (Å²) in [6.07, 6.45) is 4.82. The topological polar surface area (TPSA) is 54.0 Å². The van der Waals surface area contributed by atoms with Gasteiger partial charge in [-0.25, -0.2) is 4.98 Å². The van der Waals surface area contributed by atoms with Gasteiger partial charge < -0.3 is 0 Å². The Bertz CT molecular complexity index is 592. The van der Waals surface area contributed by atoms with Crippen molar-refractivity contribution in [2.24, 2.45) is 4.99 Å². The van der Waals surface area contributed by atoms with Crippen molar-refractivity contribution >= 4 is 0 Å². The second kappa shape index (κ2) is 4.36. The van der Waals surface area contributed by atoms with Crippen LogP contribution in [0.25, 0.3) is 5.69 Å². The van der Waals surface area contributed by atoms with Crippen LogP contribution in [-0.2, 0) is 0 Å². The van der Waals surface area contributed by atoms with Crippen LogP contribution in [0.4, 0.5) is 4.39 Å². The number of hydrogen-bond donors (Lipinski definition) is 0. The molecule has 0 saturated heterocycles. The van der Waals surface area contributed by atoms with Gasteiger partial charge in [0, 0.05) is 6.20 Å². The predicted molar refractivity (Wildman–Crippen MR) is 54.7 cm³/mol. The summed E-state index contributed by atoms with van der Waals surface area (Å²) in [7, 11) is 0. The van der Waals surface area contributed by atoms with Gasteiger partial charge in [-0.1, -0.05) is 6.07 Å². The molecule has 0 aliphatic rings. The van der Waals surface area contributed by atoms with Gasteiger partial charge in [0.25, 0.3) is 0 Å². The molecule has 0 N–H and O–H groups in total. The highest BCUT2D eigenvalue weighted by atomic mass is 19.1. The molecule has 2 aromatic rings. The van der Waals surface area contributed by atoms with E-state index in [2.05, 4.69) is 9.98 Å². The van der Waals surface area contributed by atoms with Crippen LogP contribution in [0, 0.1) is 17.4 Å². The third-order valence-corrected chi connectivity index (χ3v) is 1.99. The number of nitriles is 1. The smallest absolute Gasteiger partial charge is 0.212 e. The Morgan fingerprint density at radius 3 is 2.88 bits per heavy atom. The summed E-state index contributed by atoms with van der Waals surface area (Å²) in [5.74, 6) is -0.543. The number of aromatic nitrogens is 2. The van der Waals surface area contributed by atoms with Gasteiger partial charge in [0.05, 0.1) is 11.9 Å². The van der Waals surface area contributed by atoms with E-state index < -0.39 is 5.95 Å². The lowest BCUT2D eigenvalue weighted by Crippen LogP contribution is -2.17. The summed E-state index contributed by atoms with van der Waals surface area (Å²) in [6, 6.07) is 8.07. The molecule has 0 aromatic carbocycles. The second-order valence-corrected chi connectivity index (χ2v) is 2.98. The number of rotatable bonds is 1. The van der Waals surface area contributed by atoms with Crippen molar-refractivity contribution in [2.75, 3.05) is 0 Å². The standard InChI is InChI=1S/C11H7FN4/c12-10-5-4-9(7-14-10)16-6-2-1-3-11(16)15-8-13/h1-7H. The molecule has 0 spiro atoms. The van der Waals surface area contributed by atoms with E-state index in [0.29, 0.717) is 11.2 Å². The fraction of sp³-hybridized carbons (Fsp3) is 0. The zero-order valence-corrected chi connectivity index (χ0v) is 8.21. The Kier molecular flexibility index (Phi) is 2.74. The summed E-state index contributed by atoms with van der Waals surface area (Å²) in [5.41, 5.74) is 1.12. The largest absolute Gasteiger partial charge is 0.300 e. The Labute approximate surface area is 91.0 Å². The highest BCUT2D eigenvalue weighted by molar-refractivity contribution is 5.28. The van der Waals surface area contributed by atoms with E-state index in [-0.39, 0.29) is 0 Å². The molecule has 2 aromatic heterocycles. The third-order valence-electron chi connectivity index (χ3n) is 1.99. The van der Waals surface area contributed by atoms with Crippen molar-refractivity contribution in [3.05, 3.63) is 54.2 Å². The van der Waals surface area contributed by atoms with Crippen LogP contribution >= 0.6 is 0 Å². The Morgan fingerprint density at radius 1 is 1.31 bits per heavy atom. The Morgan fingerprint density at radius 2 is 2.19 bits per heavy atom. The summed E-state index contributed by atoms with van der Waals surface area (Å²) in [6.45, 7) is 0. The Hall–Kier alpha value is -2.48. The molecule has 78 valence electrons. The van der Waals surface area contributed by atoms with E-state index in [0.717, 1.165) is 0 Å². The first kappa shape index (κ1) is 10.1. The zero-order chi connectivity index (χ0) is 11.4. The number of halogens is 1. The molecule has 0 atom stereocenters. The molecular weight excluding hydrogens is 207 g/mol. The summed E-state index contributed by atoms with van der Waals surface area (Å²) < 4.78 is 14.3. The minimum absolute atomic E-state index is 0.471. The van der Waals surface area contributed by atoms with Gasteiger partial charge in [-0.2, -0.15) is 14.6 Å². The summed E-state index contributed by atoms with van der Waals surface area (Å²) >= 11 is 0.